The third-order valence-corrected chi connectivity index (χ3v) is 4.42. The molecule has 0 fully saturated rings. The summed E-state index contributed by atoms with van der Waals surface area (Å²) < 4.78 is 5.70. The lowest BCUT2D eigenvalue weighted by Crippen LogP contribution is -2.02. The second kappa shape index (κ2) is 6.85. The molecule has 0 saturated heterocycles. The Hall–Kier alpha value is -3.39. The Morgan fingerprint density at radius 3 is 1.85 bits per heavy atom. The molecule has 3 aromatic carbocycles. The van der Waals surface area contributed by atoms with E-state index in [4.69, 9.17) is 4.42 Å². The molecule has 0 amide bonds. The van der Waals surface area contributed by atoms with E-state index < -0.39 is 0 Å². The Balaban J connectivity index is 2.07. The minimum atomic E-state index is -0.348. The fourth-order valence-corrected chi connectivity index (χ4v) is 3.14. The minimum absolute atomic E-state index is 0.348. The third kappa shape index (κ3) is 3.09. The smallest absolute Gasteiger partial charge is 0.336 e. The maximum absolute atomic E-state index is 12.3. The van der Waals surface area contributed by atoms with Crippen molar-refractivity contribution in [3.05, 3.63) is 107 Å². The van der Waals surface area contributed by atoms with Gasteiger partial charge in [-0.2, -0.15) is 0 Å². The quantitative estimate of drug-likeness (QED) is 0.462. The predicted octanol–water partition coefficient (Wildman–Crippen LogP) is 5.95. The average Bonchev–Trinajstić information content (AvgIpc) is 2.69. The van der Waals surface area contributed by atoms with Gasteiger partial charge in [-0.3, -0.25) is 0 Å². The molecule has 2 nitrogen and oxygen atoms in total. The molecule has 0 aliphatic rings. The van der Waals surface area contributed by atoms with Gasteiger partial charge >= 0.3 is 5.63 Å². The third-order valence-electron chi connectivity index (χ3n) is 4.42. The Morgan fingerprint density at radius 2 is 1.23 bits per heavy atom. The Morgan fingerprint density at radius 1 is 0.654 bits per heavy atom. The van der Waals surface area contributed by atoms with Crippen LogP contribution >= 0.6 is 0 Å². The van der Waals surface area contributed by atoms with Crippen molar-refractivity contribution >= 4 is 0 Å². The van der Waals surface area contributed by atoms with E-state index in [0.717, 1.165) is 33.4 Å². The van der Waals surface area contributed by atoms with E-state index in [1.54, 1.807) is 6.07 Å². The maximum atomic E-state index is 12.3. The van der Waals surface area contributed by atoms with Gasteiger partial charge in [0.15, 0.2) is 0 Å². The van der Waals surface area contributed by atoms with E-state index in [1.807, 2.05) is 91.9 Å². The number of hydrogen-bond acceptors (Lipinski definition) is 2. The highest BCUT2D eigenvalue weighted by atomic mass is 16.4. The molecule has 4 aromatic rings. The van der Waals surface area contributed by atoms with E-state index in [0.29, 0.717) is 5.76 Å². The highest BCUT2D eigenvalue weighted by Gasteiger charge is 2.17. The molecule has 26 heavy (non-hydrogen) atoms. The Bertz CT molecular complexity index is 1080. The summed E-state index contributed by atoms with van der Waals surface area (Å²) in [4.78, 5) is 12.3. The van der Waals surface area contributed by atoms with E-state index >= 15 is 0 Å². The summed E-state index contributed by atoms with van der Waals surface area (Å²) in [6.07, 6.45) is 0. The van der Waals surface area contributed by atoms with Crippen LogP contribution in [0.1, 0.15) is 5.56 Å². The molecule has 126 valence electrons. The molecule has 0 unspecified atom stereocenters. The van der Waals surface area contributed by atoms with Crippen molar-refractivity contribution in [2.75, 3.05) is 0 Å². The molecule has 0 saturated carbocycles. The van der Waals surface area contributed by atoms with Crippen LogP contribution in [0.25, 0.3) is 33.6 Å². The van der Waals surface area contributed by atoms with E-state index in [2.05, 4.69) is 0 Å². The lowest BCUT2D eigenvalue weighted by molar-refractivity contribution is 0.528. The molecule has 0 aliphatic carbocycles. The molecular weight excluding hydrogens is 320 g/mol. The van der Waals surface area contributed by atoms with Crippen molar-refractivity contribution in [1.29, 1.82) is 0 Å². The number of benzene rings is 3. The van der Waals surface area contributed by atoms with Gasteiger partial charge in [0.2, 0.25) is 0 Å². The summed E-state index contributed by atoms with van der Waals surface area (Å²) in [5.41, 5.74) is 5.53. The lowest BCUT2D eigenvalue weighted by Gasteiger charge is -2.14. The van der Waals surface area contributed by atoms with E-state index in [1.165, 1.54) is 0 Å². The zero-order valence-electron chi connectivity index (χ0n) is 14.5. The van der Waals surface area contributed by atoms with Crippen molar-refractivity contribution in [2.24, 2.45) is 0 Å². The van der Waals surface area contributed by atoms with Crippen molar-refractivity contribution in [3.63, 3.8) is 0 Å². The summed E-state index contributed by atoms with van der Waals surface area (Å²) in [5, 5.41) is 0. The van der Waals surface area contributed by atoms with Crippen LogP contribution in [-0.4, -0.2) is 0 Å². The average molecular weight is 338 g/mol. The van der Waals surface area contributed by atoms with Crippen molar-refractivity contribution in [2.45, 2.75) is 6.92 Å². The largest absolute Gasteiger partial charge is 0.422 e. The summed E-state index contributed by atoms with van der Waals surface area (Å²) in [7, 11) is 0. The normalized spacial score (nSPS) is 10.7. The molecular formula is C24H18O2. The zero-order chi connectivity index (χ0) is 17.9. The first-order valence-corrected chi connectivity index (χ1v) is 8.58. The van der Waals surface area contributed by atoms with Gasteiger partial charge in [-0.05, 0) is 18.1 Å². The van der Waals surface area contributed by atoms with Gasteiger partial charge in [-0.25, -0.2) is 4.79 Å². The predicted molar refractivity (Wildman–Crippen MR) is 106 cm³/mol. The summed E-state index contributed by atoms with van der Waals surface area (Å²) in [5.74, 6) is 0.600. The molecule has 0 radical (unpaired) electrons. The molecule has 2 heteroatoms. The molecule has 0 atom stereocenters. The van der Waals surface area contributed by atoms with Crippen LogP contribution in [0.4, 0.5) is 0 Å². The van der Waals surface area contributed by atoms with Gasteiger partial charge in [0.1, 0.15) is 5.76 Å². The number of aryl methyl sites for hydroxylation is 1. The molecule has 0 N–H and O–H groups in total. The molecule has 0 spiro atoms. The van der Waals surface area contributed by atoms with Crippen molar-refractivity contribution in [1.82, 2.24) is 0 Å². The summed E-state index contributed by atoms with van der Waals surface area (Å²) >= 11 is 0. The van der Waals surface area contributed by atoms with Gasteiger partial charge in [-0.1, -0.05) is 90.5 Å². The molecule has 0 bridgehead atoms. The van der Waals surface area contributed by atoms with Crippen molar-refractivity contribution < 1.29 is 4.42 Å². The fraction of sp³-hybridized carbons (Fsp3) is 0.0417. The first-order valence-electron chi connectivity index (χ1n) is 8.58. The lowest BCUT2D eigenvalue weighted by atomic mass is 9.92. The maximum Gasteiger partial charge on any atom is 0.336 e. The minimum Gasteiger partial charge on any atom is -0.422 e. The van der Waals surface area contributed by atoms with Gasteiger partial charge < -0.3 is 4.42 Å². The van der Waals surface area contributed by atoms with Gasteiger partial charge in [0, 0.05) is 22.8 Å². The number of hydrogen-bond donors (Lipinski definition) is 0. The molecule has 4 rings (SSSR count). The fourth-order valence-electron chi connectivity index (χ4n) is 3.14. The van der Waals surface area contributed by atoms with Crippen molar-refractivity contribution in [3.8, 4) is 33.6 Å². The topological polar surface area (TPSA) is 30.2 Å². The summed E-state index contributed by atoms with van der Waals surface area (Å²) in [6.45, 7) is 2.04. The highest BCUT2D eigenvalue weighted by Crippen LogP contribution is 2.38. The second-order valence-electron chi connectivity index (χ2n) is 6.28. The second-order valence-corrected chi connectivity index (χ2v) is 6.28. The van der Waals surface area contributed by atoms with Crippen LogP contribution in [0.3, 0.4) is 0 Å². The van der Waals surface area contributed by atoms with Crippen LogP contribution in [-0.2, 0) is 0 Å². The first-order chi connectivity index (χ1) is 12.7. The molecule has 0 aliphatic heterocycles. The zero-order valence-corrected chi connectivity index (χ0v) is 14.5. The first kappa shape index (κ1) is 16.1. The van der Waals surface area contributed by atoms with Crippen LogP contribution in [0.5, 0.6) is 0 Å². The Kier molecular flexibility index (Phi) is 4.24. The Labute approximate surface area is 152 Å². The molecule has 1 aromatic heterocycles. The van der Waals surface area contributed by atoms with E-state index in [-0.39, 0.29) is 5.63 Å². The van der Waals surface area contributed by atoms with Crippen LogP contribution in [0, 0.1) is 6.92 Å². The standard InChI is InChI=1S/C24H18O2/c1-17-12-14-20(15-13-17)24-23(19-10-6-3-7-11-19)21(16-22(25)26-24)18-8-4-2-5-9-18/h2-16H,1H3. The SMILES string of the molecule is Cc1ccc(-c2oc(=O)cc(-c3ccccc3)c2-c2ccccc2)cc1. The number of rotatable bonds is 3. The van der Waals surface area contributed by atoms with Crippen LogP contribution < -0.4 is 5.63 Å². The highest BCUT2D eigenvalue weighted by molar-refractivity contribution is 5.91. The van der Waals surface area contributed by atoms with E-state index in [9.17, 15) is 4.79 Å². The monoisotopic (exact) mass is 338 g/mol. The van der Waals surface area contributed by atoms with Crippen LogP contribution in [0.15, 0.2) is 100 Å². The molecule has 1 heterocycles. The summed E-state index contributed by atoms with van der Waals surface area (Å²) in [6, 6.07) is 29.6. The van der Waals surface area contributed by atoms with Gasteiger partial charge in [0.25, 0.3) is 0 Å². The van der Waals surface area contributed by atoms with Gasteiger partial charge in [0.05, 0.1) is 0 Å². The van der Waals surface area contributed by atoms with Crippen LogP contribution in [0.2, 0.25) is 0 Å². The van der Waals surface area contributed by atoms with Gasteiger partial charge in [-0.15, -0.1) is 0 Å².